The third-order valence-electron chi connectivity index (χ3n) is 4.09. The summed E-state index contributed by atoms with van der Waals surface area (Å²) in [6.45, 7) is 1.00. The van der Waals surface area contributed by atoms with Crippen LogP contribution in [0.4, 0.5) is 5.69 Å². The summed E-state index contributed by atoms with van der Waals surface area (Å²) in [5, 5.41) is 17.2. The number of benzene rings is 2. The highest BCUT2D eigenvalue weighted by Gasteiger charge is 2.32. The van der Waals surface area contributed by atoms with E-state index in [1.165, 1.54) is 4.90 Å². The van der Waals surface area contributed by atoms with Crippen LogP contribution < -0.4 is 5.73 Å². The van der Waals surface area contributed by atoms with E-state index < -0.39 is 11.9 Å². The largest absolute Gasteiger partial charge is 0.478 e. The molecule has 3 rings (SSSR count). The number of aliphatic carboxylic acids is 2. The molecular weight excluding hydrogens is 378 g/mol. The zero-order chi connectivity index (χ0) is 21.7. The second-order valence-electron chi connectivity index (χ2n) is 6.55. The van der Waals surface area contributed by atoms with E-state index in [1.807, 2.05) is 31.1 Å². The Balaban J connectivity index is 0.000000321. The van der Waals surface area contributed by atoms with Gasteiger partial charge < -0.3 is 20.8 Å². The van der Waals surface area contributed by atoms with Gasteiger partial charge in [0, 0.05) is 41.9 Å². The zero-order valence-corrected chi connectivity index (χ0v) is 16.0. The number of nitrogens with zero attached hydrogens (tertiary/aromatic N) is 2. The first-order chi connectivity index (χ1) is 13.6. The summed E-state index contributed by atoms with van der Waals surface area (Å²) >= 11 is 0. The van der Waals surface area contributed by atoms with Crippen LogP contribution in [0, 0.1) is 0 Å². The third kappa shape index (κ3) is 5.17. The van der Waals surface area contributed by atoms with Crippen molar-refractivity contribution in [1.82, 2.24) is 9.80 Å². The highest BCUT2D eigenvalue weighted by atomic mass is 16.4. The van der Waals surface area contributed by atoms with E-state index in [1.54, 1.807) is 18.2 Å². The van der Waals surface area contributed by atoms with E-state index >= 15 is 0 Å². The Bertz CT molecular complexity index is 997. The Kier molecular flexibility index (Phi) is 6.68. The number of nitrogens with two attached hydrogens (primary N) is 1. The molecule has 0 bridgehead atoms. The maximum absolute atomic E-state index is 12.6. The number of rotatable bonds is 5. The van der Waals surface area contributed by atoms with Crippen molar-refractivity contribution < 1.29 is 29.4 Å². The summed E-state index contributed by atoms with van der Waals surface area (Å²) in [7, 11) is 3.82. The third-order valence-corrected chi connectivity index (χ3v) is 4.09. The van der Waals surface area contributed by atoms with Gasteiger partial charge in [0.2, 0.25) is 0 Å². The number of hydrogen-bond donors (Lipinski definition) is 3. The molecule has 0 aromatic heterocycles. The number of imide groups is 1. The number of carboxylic acids is 2. The molecule has 0 saturated carbocycles. The highest BCUT2D eigenvalue weighted by Crippen LogP contribution is 2.31. The number of nitrogen functional groups attached to an aromatic ring is 1. The van der Waals surface area contributed by atoms with Crippen molar-refractivity contribution in [3.63, 3.8) is 0 Å². The Hall–Kier alpha value is -3.72. The minimum Gasteiger partial charge on any atom is -0.478 e. The second-order valence-corrected chi connectivity index (χ2v) is 6.55. The van der Waals surface area contributed by atoms with Crippen LogP contribution in [0.25, 0.3) is 10.8 Å². The number of amides is 2. The average molecular weight is 399 g/mol. The number of hydrogen-bond acceptors (Lipinski definition) is 6. The van der Waals surface area contributed by atoms with Crippen molar-refractivity contribution in [2.24, 2.45) is 0 Å². The van der Waals surface area contributed by atoms with Gasteiger partial charge in [-0.15, -0.1) is 0 Å². The van der Waals surface area contributed by atoms with Crippen molar-refractivity contribution in [3.8, 4) is 0 Å². The molecule has 2 aromatic carbocycles. The van der Waals surface area contributed by atoms with Gasteiger partial charge >= 0.3 is 11.9 Å². The molecule has 9 heteroatoms. The van der Waals surface area contributed by atoms with Crippen molar-refractivity contribution in [3.05, 3.63) is 53.6 Å². The topological polar surface area (TPSA) is 141 Å². The molecule has 1 heterocycles. The molecule has 2 aromatic rings. The zero-order valence-electron chi connectivity index (χ0n) is 16.0. The van der Waals surface area contributed by atoms with Crippen LogP contribution in [0.15, 0.2) is 42.5 Å². The summed E-state index contributed by atoms with van der Waals surface area (Å²) < 4.78 is 0. The maximum Gasteiger partial charge on any atom is 0.328 e. The summed E-state index contributed by atoms with van der Waals surface area (Å²) in [5.41, 5.74) is 7.49. The molecule has 0 fully saturated rings. The predicted molar refractivity (Wildman–Crippen MR) is 107 cm³/mol. The molecular formula is C20H21N3O6. The van der Waals surface area contributed by atoms with Gasteiger partial charge in [0.05, 0.1) is 5.56 Å². The van der Waals surface area contributed by atoms with E-state index in [9.17, 15) is 19.2 Å². The molecule has 0 aliphatic carbocycles. The van der Waals surface area contributed by atoms with Gasteiger partial charge in [-0.25, -0.2) is 9.59 Å². The smallest absolute Gasteiger partial charge is 0.328 e. The van der Waals surface area contributed by atoms with Crippen LogP contribution in [-0.2, 0) is 9.59 Å². The molecule has 0 radical (unpaired) electrons. The normalized spacial score (nSPS) is 13.0. The van der Waals surface area contributed by atoms with Gasteiger partial charge in [0.15, 0.2) is 0 Å². The molecule has 29 heavy (non-hydrogen) atoms. The number of anilines is 1. The van der Waals surface area contributed by atoms with Crippen LogP contribution in [0.3, 0.4) is 0 Å². The van der Waals surface area contributed by atoms with Crippen molar-refractivity contribution in [2.75, 3.05) is 32.9 Å². The maximum atomic E-state index is 12.6. The Morgan fingerprint density at radius 2 is 1.62 bits per heavy atom. The van der Waals surface area contributed by atoms with Crippen LogP contribution in [0.2, 0.25) is 0 Å². The lowest BCUT2D eigenvalue weighted by Crippen LogP contribution is -2.43. The van der Waals surface area contributed by atoms with E-state index in [2.05, 4.69) is 0 Å². The minimum atomic E-state index is -1.26. The lowest BCUT2D eigenvalue weighted by molar-refractivity contribution is -0.134. The van der Waals surface area contributed by atoms with Crippen LogP contribution in [0.1, 0.15) is 20.7 Å². The fraction of sp³-hybridized carbons (Fsp3) is 0.200. The van der Waals surface area contributed by atoms with Crippen molar-refractivity contribution in [2.45, 2.75) is 0 Å². The first kappa shape index (κ1) is 21.6. The average Bonchev–Trinajstić information content (AvgIpc) is 2.64. The van der Waals surface area contributed by atoms with E-state index in [0.717, 1.165) is 5.39 Å². The van der Waals surface area contributed by atoms with Gasteiger partial charge in [0.1, 0.15) is 0 Å². The summed E-state index contributed by atoms with van der Waals surface area (Å²) in [6.07, 6.45) is 1.12. The highest BCUT2D eigenvalue weighted by molar-refractivity contribution is 6.25. The Morgan fingerprint density at radius 3 is 2.17 bits per heavy atom. The number of carbonyl (C=O) groups excluding carboxylic acids is 2. The van der Waals surface area contributed by atoms with Crippen LogP contribution >= 0.6 is 0 Å². The second kappa shape index (κ2) is 8.98. The van der Waals surface area contributed by atoms with Crippen molar-refractivity contribution >= 4 is 40.2 Å². The van der Waals surface area contributed by atoms with Gasteiger partial charge in [-0.3, -0.25) is 14.5 Å². The lowest BCUT2D eigenvalue weighted by atomic mass is 9.93. The van der Waals surface area contributed by atoms with Crippen LogP contribution in [-0.4, -0.2) is 71.0 Å². The number of carbonyl (C=O) groups is 4. The molecule has 0 unspecified atom stereocenters. The van der Waals surface area contributed by atoms with Gasteiger partial charge in [-0.2, -0.15) is 0 Å². The number of carboxylic acid groups (broad SMARTS) is 2. The van der Waals surface area contributed by atoms with Crippen molar-refractivity contribution in [1.29, 1.82) is 0 Å². The molecule has 152 valence electrons. The molecule has 0 atom stereocenters. The first-order valence-corrected chi connectivity index (χ1v) is 8.59. The van der Waals surface area contributed by atoms with Gasteiger partial charge in [-0.1, -0.05) is 12.1 Å². The molecule has 9 nitrogen and oxygen atoms in total. The summed E-state index contributed by atoms with van der Waals surface area (Å²) in [6, 6.07) is 8.90. The van der Waals surface area contributed by atoms with E-state index in [-0.39, 0.29) is 11.8 Å². The SMILES string of the molecule is CN(C)CCN1C(=O)c2cccc3cc(N)cc(c23)C1=O.O=C(O)/C=C\C(=O)O. The Morgan fingerprint density at radius 1 is 1.03 bits per heavy atom. The van der Waals surface area contributed by atoms with Gasteiger partial charge in [-0.05, 0) is 37.7 Å². The molecule has 2 amide bonds. The fourth-order valence-corrected chi connectivity index (χ4v) is 2.83. The summed E-state index contributed by atoms with van der Waals surface area (Å²) in [4.78, 5) is 47.5. The Labute approximate surface area is 166 Å². The fourth-order valence-electron chi connectivity index (χ4n) is 2.83. The molecule has 0 spiro atoms. The molecule has 1 aliphatic rings. The molecule has 0 saturated heterocycles. The minimum absolute atomic E-state index is 0.232. The first-order valence-electron chi connectivity index (χ1n) is 8.59. The lowest BCUT2D eigenvalue weighted by Gasteiger charge is -2.28. The van der Waals surface area contributed by atoms with E-state index in [4.69, 9.17) is 15.9 Å². The monoisotopic (exact) mass is 399 g/mol. The van der Waals surface area contributed by atoms with Crippen LogP contribution in [0.5, 0.6) is 0 Å². The van der Waals surface area contributed by atoms with E-state index in [0.29, 0.717) is 47.4 Å². The van der Waals surface area contributed by atoms with Gasteiger partial charge in [0.25, 0.3) is 11.8 Å². The quantitative estimate of drug-likeness (QED) is 0.388. The molecule has 4 N–H and O–H groups in total. The number of likely N-dealkylation sites (N-methyl/N-ethyl adjacent to an activating group) is 1. The molecule has 1 aliphatic heterocycles. The predicted octanol–water partition coefficient (Wildman–Crippen LogP) is 1.29. The summed E-state index contributed by atoms with van der Waals surface area (Å²) in [5.74, 6) is -3.01. The standard InChI is InChI=1S/C16H17N3O2.C4H4O4/c1-18(2)6-7-19-15(20)12-5-3-4-10-8-11(17)9-13(14(10)12)16(19)21;5-3(6)1-2-4(7)8/h3-5,8-9H,6-7,17H2,1-2H3;1-2H,(H,5,6)(H,7,8)/b;2-1-.